The fourth-order valence-electron chi connectivity index (χ4n) is 2.57. The van der Waals surface area contributed by atoms with Crippen LogP contribution in [0.4, 0.5) is 17.3 Å². The predicted molar refractivity (Wildman–Crippen MR) is 90.1 cm³/mol. The Labute approximate surface area is 138 Å². The van der Waals surface area contributed by atoms with E-state index in [1.54, 1.807) is 13.2 Å². The molecule has 1 unspecified atom stereocenters. The van der Waals surface area contributed by atoms with Gasteiger partial charge in [-0.25, -0.2) is 15.0 Å². The van der Waals surface area contributed by atoms with Crippen molar-refractivity contribution in [1.82, 2.24) is 15.0 Å². The first-order valence-corrected chi connectivity index (χ1v) is 7.75. The van der Waals surface area contributed by atoms with Crippen LogP contribution in [0.3, 0.4) is 0 Å². The summed E-state index contributed by atoms with van der Waals surface area (Å²) >= 11 is 12.3. The van der Waals surface area contributed by atoms with Gasteiger partial charge in [-0.3, -0.25) is 0 Å². The zero-order valence-electron chi connectivity index (χ0n) is 12.1. The molecule has 2 N–H and O–H groups in total. The molecular weight excluding hydrogens is 323 g/mol. The third-order valence-electron chi connectivity index (χ3n) is 3.62. The Hall–Kier alpha value is -1.79. The normalized spacial score (nSPS) is 17.6. The molecule has 1 aliphatic rings. The molecule has 116 valence electrons. The highest BCUT2D eigenvalue weighted by molar-refractivity contribution is 6.33. The molecule has 2 aromatic heterocycles. The van der Waals surface area contributed by atoms with Crippen molar-refractivity contribution in [1.29, 1.82) is 0 Å². The topological polar surface area (TPSA) is 66.0 Å². The van der Waals surface area contributed by atoms with Gasteiger partial charge in [0.25, 0.3) is 0 Å². The molecule has 6 nitrogen and oxygen atoms in total. The molecule has 0 amide bonds. The Morgan fingerprint density at radius 2 is 2.14 bits per heavy atom. The molecule has 0 aliphatic carbocycles. The standard InChI is InChI=1S/C14H16Cl2N6/c1-17-11-12(16)19-8-20-13(11)21-9-4-6-22(7-9)14-10(15)3-2-5-18-14/h2-3,5,8-9,17H,4,6-7H2,1H3,(H,19,20,21). The highest BCUT2D eigenvalue weighted by Crippen LogP contribution is 2.29. The van der Waals surface area contributed by atoms with E-state index in [-0.39, 0.29) is 6.04 Å². The minimum absolute atomic E-state index is 0.246. The maximum Gasteiger partial charge on any atom is 0.157 e. The predicted octanol–water partition coefficient (Wildman–Crippen LogP) is 2.91. The van der Waals surface area contributed by atoms with Crippen molar-refractivity contribution in [3.63, 3.8) is 0 Å². The lowest BCUT2D eigenvalue weighted by Gasteiger charge is -2.20. The average molecular weight is 339 g/mol. The van der Waals surface area contributed by atoms with Crippen molar-refractivity contribution >= 4 is 40.5 Å². The number of hydrogen-bond donors (Lipinski definition) is 2. The summed E-state index contributed by atoms with van der Waals surface area (Å²) in [6.45, 7) is 1.70. The quantitative estimate of drug-likeness (QED) is 0.835. The number of halogens is 2. The number of pyridine rings is 1. The molecule has 1 saturated heterocycles. The fourth-order valence-corrected chi connectivity index (χ4v) is 3.04. The molecular formula is C14H16Cl2N6. The van der Waals surface area contributed by atoms with Gasteiger partial charge in [-0.2, -0.15) is 0 Å². The van der Waals surface area contributed by atoms with Crippen LogP contribution < -0.4 is 15.5 Å². The van der Waals surface area contributed by atoms with E-state index in [1.807, 2.05) is 12.1 Å². The van der Waals surface area contributed by atoms with Crippen LogP contribution >= 0.6 is 23.2 Å². The second kappa shape index (κ2) is 6.54. The summed E-state index contributed by atoms with van der Waals surface area (Å²) in [5.74, 6) is 1.53. The van der Waals surface area contributed by atoms with Gasteiger partial charge >= 0.3 is 0 Å². The van der Waals surface area contributed by atoms with Gasteiger partial charge in [0.15, 0.2) is 11.0 Å². The highest BCUT2D eigenvalue weighted by Gasteiger charge is 2.25. The van der Waals surface area contributed by atoms with Crippen molar-refractivity contribution in [2.24, 2.45) is 0 Å². The lowest BCUT2D eigenvalue weighted by Crippen LogP contribution is -2.27. The molecule has 1 atom stereocenters. The van der Waals surface area contributed by atoms with Crippen molar-refractivity contribution in [3.05, 3.63) is 34.8 Å². The molecule has 0 aromatic carbocycles. The third-order valence-corrected chi connectivity index (χ3v) is 4.20. The van der Waals surface area contributed by atoms with Gasteiger partial charge in [0, 0.05) is 32.4 Å². The van der Waals surface area contributed by atoms with Gasteiger partial charge in [0.2, 0.25) is 0 Å². The summed E-state index contributed by atoms with van der Waals surface area (Å²) < 4.78 is 0. The Kier molecular flexibility index (Phi) is 4.49. The van der Waals surface area contributed by atoms with Gasteiger partial charge in [0.05, 0.1) is 5.02 Å². The summed E-state index contributed by atoms with van der Waals surface area (Å²) in [6.07, 6.45) is 4.18. The molecule has 22 heavy (non-hydrogen) atoms. The van der Waals surface area contributed by atoms with E-state index in [1.165, 1.54) is 6.33 Å². The summed E-state index contributed by atoms with van der Waals surface area (Å²) in [7, 11) is 1.80. The van der Waals surface area contributed by atoms with Crippen molar-refractivity contribution < 1.29 is 0 Å². The minimum atomic E-state index is 0.246. The number of anilines is 3. The van der Waals surface area contributed by atoms with Gasteiger partial charge in [-0.1, -0.05) is 23.2 Å². The molecule has 3 heterocycles. The maximum absolute atomic E-state index is 6.21. The van der Waals surface area contributed by atoms with Crippen LogP contribution in [0.25, 0.3) is 0 Å². The fraction of sp³-hybridized carbons (Fsp3) is 0.357. The first kappa shape index (κ1) is 15.1. The second-order valence-corrected chi connectivity index (χ2v) is 5.79. The van der Waals surface area contributed by atoms with E-state index < -0.39 is 0 Å². The van der Waals surface area contributed by atoms with Crippen LogP contribution in [0.1, 0.15) is 6.42 Å². The second-order valence-electron chi connectivity index (χ2n) is 5.02. The third kappa shape index (κ3) is 3.03. The summed E-state index contributed by atoms with van der Waals surface area (Å²) in [5.41, 5.74) is 0.707. The summed E-state index contributed by atoms with van der Waals surface area (Å²) in [6, 6.07) is 3.93. The molecule has 2 aromatic rings. The van der Waals surface area contributed by atoms with Crippen LogP contribution in [0.5, 0.6) is 0 Å². The Morgan fingerprint density at radius 1 is 1.27 bits per heavy atom. The Balaban J connectivity index is 1.72. The highest BCUT2D eigenvalue weighted by atomic mass is 35.5. The van der Waals surface area contributed by atoms with Crippen LogP contribution in [-0.2, 0) is 0 Å². The van der Waals surface area contributed by atoms with E-state index >= 15 is 0 Å². The van der Waals surface area contributed by atoms with Crippen molar-refractivity contribution in [3.8, 4) is 0 Å². The van der Waals surface area contributed by atoms with E-state index in [9.17, 15) is 0 Å². The molecule has 8 heteroatoms. The lowest BCUT2D eigenvalue weighted by atomic mass is 10.2. The monoisotopic (exact) mass is 338 g/mol. The van der Waals surface area contributed by atoms with Crippen molar-refractivity contribution in [2.75, 3.05) is 35.7 Å². The first-order valence-electron chi connectivity index (χ1n) is 6.99. The molecule has 0 radical (unpaired) electrons. The average Bonchev–Trinajstić information content (AvgIpc) is 2.96. The van der Waals surface area contributed by atoms with Gasteiger partial charge < -0.3 is 15.5 Å². The SMILES string of the molecule is CNc1c(Cl)ncnc1NC1CCN(c2ncccc2Cl)C1. The van der Waals surface area contributed by atoms with Crippen LogP contribution in [0.15, 0.2) is 24.7 Å². The Morgan fingerprint density at radius 3 is 2.91 bits per heavy atom. The molecule has 0 bridgehead atoms. The largest absolute Gasteiger partial charge is 0.383 e. The minimum Gasteiger partial charge on any atom is -0.383 e. The van der Waals surface area contributed by atoms with Crippen molar-refractivity contribution in [2.45, 2.75) is 12.5 Å². The van der Waals surface area contributed by atoms with Crippen LogP contribution in [0.2, 0.25) is 10.2 Å². The summed E-state index contributed by atoms with van der Waals surface area (Å²) in [4.78, 5) is 14.8. The van der Waals surface area contributed by atoms with Crippen LogP contribution in [0, 0.1) is 0 Å². The number of aromatic nitrogens is 3. The smallest absolute Gasteiger partial charge is 0.157 e. The maximum atomic E-state index is 6.21. The number of rotatable bonds is 4. The Bertz CT molecular complexity index is 666. The van der Waals surface area contributed by atoms with E-state index in [0.29, 0.717) is 21.7 Å². The molecule has 1 fully saturated rings. The molecule has 0 saturated carbocycles. The zero-order valence-corrected chi connectivity index (χ0v) is 13.6. The first-order chi connectivity index (χ1) is 10.7. The number of nitrogens with zero attached hydrogens (tertiary/aromatic N) is 4. The molecule has 1 aliphatic heterocycles. The lowest BCUT2D eigenvalue weighted by molar-refractivity contribution is 0.799. The number of hydrogen-bond acceptors (Lipinski definition) is 6. The van der Waals surface area contributed by atoms with Gasteiger partial charge in [-0.05, 0) is 18.6 Å². The van der Waals surface area contributed by atoms with E-state index in [4.69, 9.17) is 23.2 Å². The summed E-state index contributed by atoms with van der Waals surface area (Å²) in [5, 5.41) is 7.51. The van der Waals surface area contributed by atoms with Gasteiger partial charge in [0.1, 0.15) is 17.8 Å². The number of nitrogens with one attached hydrogen (secondary N) is 2. The van der Waals surface area contributed by atoms with Crippen LogP contribution in [-0.4, -0.2) is 41.1 Å². The van der Waals surface area contributed by atoms with Gasteiger partial charge in [-0.15, -0.1) is 0 Å². The van der Waals surface area contributed by atoms with E-state index in [2.05, 4.69) is 30.5 Å². The zero-order chi connectivity index (χ0) is 15.5. The van der Waals surface area contributed by atoms with E-state index in [0.717, 1.165) is 25.3 Å². The molecule has 0 spiro atoms. The molecule has 3 rings (SSSR count).